The minimum absolute atomic E-state index is 0.108. The van der Waals surface area contributed by atoms with Crippen molar-refractivity contribution in [1.82, 2.24) is 4.98 Å². The summed E-state index contributed by atoms with van der Waals surface area (Å²) in [6, 6.07) is 12.1. The maximum atomic E-state index is 12.4. The molecule has 0 radical (unpaired) electrons. The van der Waals surface area contributed by atoms with E-state index in [2.05, 4.69) is 10.3 Å². The molecule has 1 heterocycles. The van der Waals surface area contributed by atoms with Crippen molar-refractivity contribution in [2.45, 2.75) is 6.42 Å². The lowest BCUT2D eigenvalue weighted by Gasteiger charge is -2.03. The number of benzene rings is 2. The normalized spacial score (nSPS) is 11.2. The summed E-state index contributed by atoms with van der Waals surface area (Å²) >= 11 is 25.5. The first-order chi connectivity index (χ1) is 13.9. The fourth-order valence-corrected chi connectivity index (χ4v) is 4.09. The van der Waals surface area contributed by atoms with Crippen molar-refractivity contribution in [2.75, 3.05) is 5.32 Å². The predicted molar refractivity (Wildman–Crippen MR) is 120 cm³/mol. The monoisotopic (exact) mass is 481 g/mol. The number of hydrogen-bond acceptors (Lipinski definition) is 4. The molecule has 3 rings (SSSR count). The van der Waals surface area contributed by atoms with E-state index >= 15 is 0 Å². The van der Waals surface area contributed by atoms with Crippen LogP contribution in [0, 0.1) is 11.3 Å². The lowest BCUT2D eigenvalue weighted by molar-refractivity contribution is -0.112. The molecular formula is C20H11Cl4N3OS. The Kier molecular flexibility index (Phi) is 7.18. The Morgan fingerprint density at radius 2 is 1.97 bits per heavy atom. The summed E-state index contributed by atoms with van der Waals surface area (Å²) in [5.74, 6) is -0.583. The number of carbonyl (C=O) groups excluding carboxylic acids is 1. The Bertz CT molecular complexity index is 1150. The van der Waals surface area contributed by atoms with Crippen molar-refractivity contribution >= 4 is 74.9 Å². The average molecular weight is 483 g/mol. The molecule has 0 spiro atoms. The van der Waals surface area contributed by atoms with Crippen molar-refractivity contribution in [2.24, 2.45) is 0 Å². The van der Waals surface area contributed by atoms with Crippen LogP contribution in [0.1, 0.15) is 16.0 Å². The predicted octanol–water partition coefficient (Wildman–Crippen LogP) is 6.89. The number of thiazole rings is 1. The number of nitriles is 1. The van der Waals surface area contributed by atoms with Gasteiger partial charge in [0.1, 0.15) is 11.6 Å². The maximum absolute atomic E-state index is 12.4. The van der Waals surface area contributed by atoms with Gasteiger partial charge in [-0.2, -0.15) is 5.26 Å². The van der Waals surface area contributed by atoms with Crippen molar-refractivity contribution in [3.05, 3.63) is 84.3 Å². The number of carbonyl (C=O) groups is 1. The zero-order valence-electron chi connectivity index (χ0n) is 14.5. The summed E-state index contributed by atoms with van der Waals surface area (Å²) in [6.07, 6.45) is 3.56. The average Bonchev–Trinajstić information content (AvgIpc) is 3.11. The van der Waals surface area contributed by atoms with Gasteiger partial charge in [0.25, 0.3) is 5.91 Å². The van der Waals surface area contributed by atoms with E-state index in [1.807, 2.05) is 18.2 Å². The Hall–Kier alpha value is -2.07. The molecule has 0 fully saturated rings. The molecule has 1 amide bonds. The third kappa shape index (κ3) is 5.51. The molecule has 0 saturated heterocycles. The van der Waals surface area contributed by atoms with Crippen LogP contribution in [-0.4, -0.2) is 10.9 Å². The van der Waals surface area contributed by atoms with Crippen molar-refractivity contribution in [3.8, 4) is 6.07 Å². The van der Waals surface area contributed by atoms with Crippen molar-refractivity contribution in [1.29, 1.82) is 5.26 Å². The molecule has 9 heteroatoms. The summed E-state index contributed by atoms with van der Waals surface area (Å²) in [4.78, 5) is 17.5. The largest absolute Gasteiger partial charge is 0.297 e. The van der Waals surface area contributed by atoms with Crippen molar-refractivity contribution in [3.63, 3.8) is 0 Å². The number of nitrogens with one attached hydrogen (secondary N) is 1. The highest BCUT2D eigenvalue weighted by Crippen LogP contribution is 2.30. The van der Waals surface area contributed by atoms with Gasteiger partial charge in [0.2, 0.25) is 0 Å². The Labute approximate surface area is 191 Å². The van der Waals surface area contributed by atoms with Crippen LogP contribution in [0.2, 0.25) is 20.1 Å². The molecule has 29 heavy (non-hydrogen) atoms. The van der Waals surface area contributed by atoms with Crippen LogP contribution < -0.4 is 5.32 Å². The molecule has 0 aliphatic rings. The quantitative estimate of drug-likeness (QED) is 0.318. The topological polar surface area (TPSA) is 65.8 Å². The van der Waals surface area contributed by atoms with Gasteiger partial charge >= 0.3 is 0 Å². The van der Waals surface area contributed by atoms with E-state index in [1.165, 1.54) is 23.5 Å². The molecule has 0 aliphatic heterocycles. The van der Waals surface area contributed by atoms with E-state index in [4.69, 9.17) is 46.4 Å². The second-order valence-corrected chi connectivity index (χ2v) is 8.56. The van der Waals surface area contributed by atoms with Crippen LogP contribution in [-0.2, 0) is 11.2 Å². The Balaban J connectivity index is 1.74. The molecule has 146 valence electrons. The molecule has 4 nitrogen and oxygen atoms in total. The van der Waals surface area contributed by atoms with Crippen LogP contribution in [0.25, 0.3) is 6.08 Å². The van der Waals surface area contributed by atoms with Gasteiger partial charge in [0.15, 0.2) is 5.13 Å². The van der Waals surface area contributed by atoms with Gasteiger partial charge in [0, 0.05) is 27.5 Å². The number of nitrogens with zero attached hydrogens (tertiary/aromatic N) is 2. The molecule has 2 aromatic carbocycles. The van der Waals surface area contributed by atoms with E-state index in [0.29, 0.717) is 37.2 Å². The van der Waals surface area contributed by atoms with E-state index in [0.717, 1.165) is 10.4 Å². The molecule has 0 bridgehead atoms. The van der Waals surface area contributed by atoms with Crippen molar-refractivity contribution < 1.29 is 4.79 Å². The molecule has 1 N–H and O–H groups in total. The van der Waals surface area contributed by atoms with Crippen LogP contribution >= 0.6 is 57.7 Å². The third-order valence-corrected chi connectivity index (χ3v) is 6.13. The fraction of sp³-hybridized carbons (Fsp3) is 0.0500. The second-order valence-electron chi connectivity index (χ2n) is 5.81. The first-order valence-corrected chi connectivity index (χ1v) is 10.5. The van der Waals surface area contributed by atoms with E-state index in [1.54, 1.807) is 24.4 Å². The minimum atomic E-state index is -0.583. The van der Waals surface area contributed by atoms with E-state index in [-0.39, 0.29) is 5.57 Å². The Morgan fingerprint density at radius 1 is 1.17 bits per heavy atom. The lowest BCUT2D eigenvalue weighted by atomic mass is 10.1. The number of hydrogen-bond donors (Lipinski definition) is 1. The molecule has 0 atom stereocenters. The zero-order valence-corrected chi connectivity index (χ0v) is 18.4. The van der Waals surface area contributed by atoms with Gasteiger partial charge in [-0.3, -0.25) is 10.1 Å². The van der Waals surface area contributed by atoms with Crippen LogP contribution in [0.3, 0.4) is 0 Å². The van der Waals surface area contributed by atoms with Crippen LogP contribution in [0.15, 0.2) is 48.2 Å². The molecule has 0 aliphatic carbocycles. The standard InChI is InChI=1S/C20H11Cl4N3OS/c21-14-5-4-11(17(23)8-14)6-13(9-25)19(28)27-20-26-10-15(29-20)7-12-2-1-3-16(22)18(12)24/h1-6,8,10H,7H2,(H,26,27,28)/b13-6+. The van der Waals surface area contributed by atoms with Crippen LogP contribution in [0.5, 0.6) is 0 Å². The van der Waals surface area contributed by atoms with Crippen LogP contribution in [0.4, 0.5) is 5.13 Å². The number of halogens is 4. The van der Waals surface area contributed by atoms with Gasteiger partial charge in [-0.05, 0) is 35.4 Å². The SMILES string of the molecule is N#C/C(=C\c1ccc(Cl)cc1Cl)C(=O)Nc1ncc(Cc2cccc(Cl)c2Cl)s1. The summed E-state index contributed by atoms with van der Waals surface area (Å²) in [5, 5.41) is 14.1. The molecule has 0 saturated carbocycles. The summed E-state index contributed by atoms with van der Waals surface area (Å²) < 4.78 is 0. The fourth-order valence-electron chi connectivity index (χ4n) is 2.41. The maximum Gasteiger partial charge on any atom is 0.268 e. The van der Waals surface area contributed by atoms with E-state index < -0.39 is 5.91 Å². The third-order valence-electron chi connectivity index (χ3n) is 3.80. The number of anilines is 1. The van der Waals surface area contributed by atoms with Gasteiger partial charge in [-0.25, -0.2) is 4.98 Å². The van der Waals surface area contributed by atoms with Gasteiger partial charge in [-0.1, -0.05) is 64.6 Å². The van der Waals surface area contributed by atoms with E-state index in [9.17, 15) is 10.1 Å². The highest BCUT2D eigenvalue weighted by Gasteiger charge is 2.14. The molecular weight excluding hydrogens is 472 g/mol. The second kappa shape index (κ2) is 9.62. The molecule has 3 aromatic rings. The number of rotatable bonds is 5. The highest BCUT2D eigenvalue weighted by molar-refractivity contribution is 7.15. The number of amides is 1. The lowest BCUT2D eigenvalue weighted by Crippen LogP contribution is -2.13. The smallest absolute Gasteiger partial charge is 0.268 e. The summed E-state index contributed by atoms with van der Waals surface area (Å²) in [7, 11) is 0. The van der Waals surface area contributed by atoms with Gasteiger partial charge in [-0.15, -0.1) is 11.3 Å². The zero-order chi connectivity index (χ0) is 21.0. The first-order valence-electron chi connectivity index (χ1n) is 8.13. The highest BCUT2D eigenvalue weighted by atomic mass is 35.5. The minimum Gasteiger partial charge on any atom is -0.297 e. The molecule has 0 unspecified atom stereocenters. The number of aromatic nitrogens is 1. The summed E-state index contributed by atoms with van der Waals surface area (Å²) in [6.45, 7) is 0. The van der Waals surface area contributed by atoms with Gasteiger partial charge < -0.3 is 0 Å². The first kappa shape index (κ1) is 21.6. The summed E-state index contributed by atoms with van der Waals surface area (Å²) in [5.41, 5.74) is 1.26. The van der Waals surface area contributed by atoms with Gasteiger partial charge in [0.05, 0.1) is 10.0 Å². The Morgan fingerprint density at radius 3 is 2.69 bits per heavy atom. The molecule has 1 aromatic heterocycles.